The van der Waals surface area contributed by atoms with Crippen molar-refractivity contribution in [3.63, 3.8) is 0 Å². The van der Waals surface area contributed by atoms with Gasteiger partial charge in [-0.05, 0) is 24.3 Å². The van der Waals surface area contributed by atoms with Gasteiger partial charge in [-0.2, -0.15) is 0 Å². The summed E-state index contributed by atoms with van der Waals surface area (Å²) in [6.45, 7) is 0. The minimum atomic E-state index is -3.19. The average molecular weight is 288 g/mol. The van der Waals surface area contributed by atoms with Gasteiger partial charge >= 0.3 is 0 Å². The highest BCUT2D eigenvalue weighted by molar-refractivity contribution is 7.90. The van der Waals surface area contributed by atoms with Crippen LogP contribution in [0.2, 0.25) is 0 Å². The van der Waals surface area contributed by atoms with Gasteiger partial charge in [-0.3, -0.25) is 0 Å². The maximum Gasteiger partial charge on any atom is 0.197 e. The van der Waals surface area contributed by atoms with Crippen LogP contribution in [0.25, 0.3) is 22.7 Å². The van der Waals surface area contributed by atoms with Gasteiger partial charge in [0.25, 0.3) is 0 Å². The number of hydrogen-bond donors (Lipinski definition) is 0. The van der Waals surface area contributed by atoms with Crippen molar-refractivity contribution in [3.8, 4) is 11.4 Å². The van der Waals surface area contributed by atoms with Crippen LogP contribution >= 0.6 is 0 Å². The smallest absolute Gasteiger partial charge is 0.197 e. The number of benzene rings is 1. The molecule has 102 valence electrons. The fourth-order valence-corrected chi connectivity index (χ4v) is 2.65. The van der Waals surface area contributed by atoms with E-state index < -0.39 is 9.84 Å². The van der Waals surface area contributed by atoms with Gasteiger partial charge < -0.3 is 4.57 Å². The van der Waals surface area contributed by atoms with Gasteiger partial charge in [0.2, 0.25) is 0 Å². The predicted octanol–water partition coefficient (Wildman–Crippen LogP) is 1.43. The highest BCUT2D eigenvalue weighted by Gasteiger charge is 2.12. The number of rotatable bonds is 2. The van der Waals surface area contributed by atoms with Gasteiger partial charge in [0.15, 0.2) is 21.1 Å². The van der Waals surface area contributed by atoms with Crippen LogP contribution in [0.1, 0.15) is 0 Å². The van der Waals surface area contributed by atoms with Crippen molar-refractivity contribution in [1.82, 2.24) is 19.5 Å². The van der Waals surface area contributed by atoms with Crippen LogP contribution in [-0.4, -0.2) is 34.2 Å². The average Bonchev–Trinajstić information content (AvgIpc) is 2.76. The van der Waals surface area contributed by atoms with Crippen LogP contribution in [-0.2, 0) is 16.9 Å². The molecular weight excluding hydrogens is 276 g/mol. The maximum absolute atomic E-state index is 11.4. The lowest BCUT2D eigenvalue weighted by Crippen LogP contribution is -1.97. The summed E-state index contributed by atoms with van der Waals surface area (Å²) in [4.78, 5) is 13.1. The number of aryl methyl sites for hydroxylation is 1. The molecule has 3 rings (SSSR count). The van der Waals surface area contributed by atoms with E-state index in [0.29, 0.717) is 17.1 Å². The molecule has 0 bridgehead atoms. The number of fused-ring (bicyclic) bond motifs is 1. The Balaban J connectivity index is 2.14. The third-order valence-electron chi connectivity index (χ3n) is 3.05. The summed E-state index contributed by atoms with van der Waals surface area (Å²) in [5.41, 5.74) is 2.08. The molecule has 0 radical (unpaired) electrons. The Labute approximate surface area is 116 Å². The second-order valence-electron chi connectivity index (χ2n) is 4.49. The second kappa shape index (κ2) is 4.38. The number of imidazole rings is 1. The summed E-state index contributed by atoms with van der Waals surface area (Å²) in [5.74, 6) is 0.700. The number of hydrogen-bond acceptors (Lipinski definition) is 5. The zero-order chi connectivity index (χ0) is 14.3. The Morgan fingerprint density at radius 1 is 1.05 bits per heavy atom. The molecule has 20 heavy (non-hydrogen) atoms. The molecule has 0 saturated carbocycles. The molecule has 0 unspecified atom stereocenters. The molecule has 0 amide bonds. The van der Waals surface area contributed by atoms with Crippen molar-refractivity contribution >= 4 is 21.1 Å². The first-order chi connectivity index (χ1) is 9.47. The molecule has 0 fully saturated rings. The van der Waals surface area contributed by atoms with Crippen molar-refractivity contribution in [1.29, 1.82) is 0 Å². The van der Waals surface area contributed by atoms with Crippen molar-refractivity contribution in [2.24, 2.45) is 7.05 Å². The highest BCUT2D eigenvalue weighted by Crippen LogP contribution is 2.22. The zero-order valence-electron chi connectivity index (χ0n) is 11.0. The second-order valence-corrected chi connectivity index (χ2v) is 6.51. The zero-order valence-corrected chi connectivity index (χ0v) is 11.8. The molecule has 1 aromatic carbocycles. The lowest BCUT2D eigenvalue weighted by molar-refractivity contribution is 0.602. The lowest BCUT2D eigenvalue weighted by atomic mass is 10.2. The van der Waals surface area contributed by atoms with Gasteiger partial charge in [-0.25, -0.2) is 23.4 Å². The number of sulfone groups is 1. The molecule has 0 aliphatic carbocycles. The molecule has 0 aliphatic heterocycles. The molecule has 2 heterocycles. The Morgan fingerprint density at radius 2 is 1.70 bits per heavy atom. The van der Waals surface area contributed by atoms with Gasteiger partial charge in [-0.1, -0.05) is 0 Å². The Kier molecular flexibility index (Phi) is 2.79. The van der Waals surface area contributed by atoms with Gasteiger partial charge in [0.05, 0.1) is 4.90 Å². The van der Waals surface area contributed by atoms with Gasteiger partial charge in [0.1, 0.15) is 5.82 Å². The fraction of sp³-hybridized carbons (Fsp3) is 0.154. The summed E-state index contributed by atoms with van der Waals surface area (Å²) >= 11 is 0. The first kappa shape index (κ1) is 12.7. The van der Waals surface area contributed by atoms with E-state index in [2.05, 4.69) is 15.0 Å². The summed E-state index contributed by atoms with van der Waals surface area (Å²) in [6, 6.07) is 6.62. The van der Waals surface area contributed by atoms with E-state index in [9.17, 15) is 8.42 Å². The van der Waals surface area contributed by atoms with Crippen molar-refractivity contribution in [3.05, 3.63) is 36.7 Å². The van der Waals surface area contributed by atoms with Crippen molar-refractivity contribution in [2.75, 3.05) is 6.26 Å². The molecule has 0 aliphatic rings. The van der Waals surface area contributed by atoms with Crippen LogP contribution in [0.4, 0.5) is 0 Å². The van der Waals surface area contributed by atoms with E-state index in [1.54, 1.807) is 36.7 Å². The predicted molar refractivity (Wildman–Crippen MR) is 74.8 cm³/mol. The normalized spacial score (nSPS) is 11.9. The van der Waals surface area contributed by atoms with E-state index in [-0.39, 0.29) is 4.90 Å². The largest absolute Gasteiger partial charge is 0.310 e. The molecule has 7 heteroatoms. The third-order valence-corrected chi connectivity index (χ3v) is 4.18. The Morgan fingerprint density at radius 3 is 2.30 bits per heavy atom. The lowest BCUT2D eigenvalue weighted by Gasteiger charge is -2.03. The number of nitrogens with zero attached hydrogens (tertiary/aromatic N) is 4. The molecule has 0 N–H and O–H groups in total. The molecule has 2 aromatic heterocycles. The molecule has 6 nitrogen and oxygen atoms in total. The van der Waals surface area contributed by atoms with Crippen LogP contribution < -0.4 is 0 Å². The topological polar surface area (TPSA) is 77.7 Å². The quantitative estimate of drug-likeness (QED) is 0.713. The van der Waals surface area contributed by atoms with Crippen molar-refractivity contribution in [2.45, 2.75) is 4.90 Å². The Bertz CT molecular complexity index is 882. The van der Waals surface area contributed by atoms with Gasteiger partial charge in [-0.15, -0.1) is 0 Å². The van der Waals surface area contributed by atoms with E-state index in [4.69, 9.17) is 0 Å². The van der Waals surface area contributed by atoms with E-state index in [1.165, 1.54) is 6.26 Å². The van der Waals surface area contributed by atoms with Crippen LogP contribution in [0.15, 0.2) is 41.6 Å². The summed E-state index contributed by atoms with van der Waals surface area (Å²) in [5, 5.41) is 0. The van der Waals surface area contributed by atoms with E-state index >= 15 is 0 Å². The minimum Gasteiger partial charge on any atom is -0.310 e. The molecular formula is C13H12N4O2S. The standard InChI is InChI=1S/C13H12N4O2S/c1-17-12(16-11-13(17)15-8-7-14-11)9-3-5-10(6-4-9)20(2,18)19/h3-8H,1-2H3. The first-order valence-corrected chi connectivity index (χ1v) is 7.80. The van der Waals surface area contributed by atoms with E-state index in [0.717, 1.165) is 5.56 Å². The molecule has 0 saturated heterocycles. The first-order valence-electron chi connectivity index (χ1n) is 5.91. The summed E-state index contributed by atoms with van der Waals surface area (Å²) in [7, 11) is -1.34. The maximum atomic E-state index is 11.4. The van der Waals surface area contributed by atoms with Crippen LogP contribution in [0.5, 0.6) is 0 Å². The highest BCUT2D eigenvalue weighted by atomic mass is 32.2. The number of aromatic nitrogens is 4. The third kappa shape index (κ3) is 2.05. The Hall–Kier alpha value is -2.28. The fourth-order valence-electron chi connectivity index (χ4n) is 2.02. The summed E-state index contributed by atoms with van der Waals surface area (Å²) < 4.78 is 24.7. The van der Waals surface area contributed by atoms with Crippen LogP contribution in [0, 0.1) is 0 Å². The summed E-state index contributed by atoms with van der Waals surface area (Å²) in [6.07, 6.45) is 4.39. The van der Waals surface area contributed by atoms with Gasteiger partial charge in [0, 0.05) is 31.3 Å². The monoisotopic (exact) mass is 288 g/mol. The molecule has 3 aromatic rings. The molecule has 0 spiro atoms. The van der Waals surface area contributed by atoms with E-state index in [1.807, 2.05) is 11.6 Å². The SMILES string of the molecule is Cn1c(-c2ccc(S(C)(=O)=O)cc2)nc2nccnc21. The molecule has 0 atom stereocenters. The minimum absolute atomic E-state index is 0.288. The van der Waals surface area contributed by atoms with Crippen molar-refractivity contribution < 1.29 is 8.42 Å². The van der Waals surface area contributed by atoms with Crippen LogP contribution in [0.3, 0.4) is 0 Å².